The molecule has 8 heavy (non-hydrogen) atoms. The van der Waals surface area contributed by atoms with Crippen molar-refractivity contribution in [1.82, 2.24) is 5.54 Å². The largest absolute Gasteiger partial charge is 0.156 e. The van der Waals surface area contributed by atoms with Crippen molar-refractivity contribution in [3.8, 4) is 0 Å². The van der Waals surface area contributed by atoms with Gasteiger partial charge in [-0.05, 0) is 12.8 Å². The Kier molecular flexibility index (Phi) is 3.79. The van der Waals surface area contributed by atoms with Crippen molar-refractivity contribution >= 4 is 0 Å². The first-order valence-corrected chi connectivity index (χ1v) is 3.08. The van der Waals surface area contributed by atoms with Crippen molar-refractivity contribution < 1.29 is 4.48 Å². The Bertz CT molecular complexity index is 48.5. The molecule has 0 bridgehead atoms. The van der Waals surface area contributed by atoms with E-state index in [2.05, 4.69) is 6.92 Å². The first-order chi connectivity index (χ1) is 3.72. The number of halogens is 1. The van der Waals surface area contributed by atoms with Crippen LogP contribution in [-0.2, 0) is 0 Å². The minimum absolute atomic E-state index is 0.000000000000000222. The van der Waals surface area contributed by atoms with E-state index in [1.165, 1.54) is 0 Å². The van der Waals surface area contributed by atoms with E-state index in [0.717, 1.165) is 6.42 Å². The summed E-state index contributed by atoms with van der Waals surface area (Å²) in [5.74, 6) is 0.431. The molecule has 0 aromatic carbocycles. The minimum atomic E-state index is -0.000000000000000222. The third-order valence-corrected chi connectivity index (χ3v) is 1.67. The lowest BCUT2D eigenvalue weighted by Gasteiger charge is -2.13. The van der Waals surface area contributed by atoms with Crippen LogP contribution in [0.5, 0.6) is 0 Å². The van der Waals surface area contributed by atoms with Crippen LogP contribution in [0.2, 0.25) is 0 Å². The van der Waals surface area contributed by atoms with Crippen LogP contribution in [0.15, 0.2) is 0 Å². The summed E-state index contributed by atoms with van der Waals surface area (Å²) in [6.45, 7) is 5.92. The van der Waals surface area contributed by atoms with Gasteiger partial charge < -0.3 is 0 Å². The third-order valence-electron chi connectivity index (χ3n) is 1.67. The third kappa shape index (κ3) is 2.26. The molecule has 0 heterocycles. The normalized spacial score (nSPS) is 18.0. The maximum absolute atomic E-state index is 11.6. The van der Waals surface area contributed by atoms with Crippen LogP contribution in [0, 0.1) is 5.92 Å². The van der Waals surface area contributed by atoms with E-state index in [1.807, 2.05) is 13.8 Å². The summed E-state index contributed by atoms with van der Waals surface area (Å²) >= 11 is 0. The van der Waals surface area contributed by atoms with Gasteiger partial charge in [-0.2, -0.15) is 5.54 Å². The fraction of sp³-hybridized carbons (Fsp3) is 1.00. The minimum Gasteiger partial charge on any atom is -0.156 e. The average molecular weight is 119 g/mol. The summed E-state index contributed by atoms with van der Waals surface area (Å²) in [6, 6.07) is -0.000000000000000222. The molecule has 0 aromatic rings. The Labute approximate surface area is 50.2 Å². The topological polar surface area (TPSA) is 12.0 Å². The van der Waals surface area contributed by atoms with E-state index in [4.69, 9.17) is 0 Å². The van der Waals surface area contributed by atoms with Gasteiger partial charge in [-0.1, -0.05) is 20.3 Å². The van der Waals surface area contributed by atoms with Crippen LogP contribution >= 0.6 is 0 Å². The lowest BCUT2D eigenvalue weighted by atomic mass is 10.0. The number of hydrogen-bond acceptors (Lipinski definition) is 1. The zero-order chi connectivity index (χ0) is 6.57. The Balaban J connectivity index is 3.29. The first kappa shape index (κ1) is 7.89. The van der Waals surface area contributed by atoms with Crippen LogP contribution in [0.3, 0.4) is 0 Å². The quantitative estimate of drug-likeness (QED) is 0.559. The number of hydrogen-bond donors (Lipinski definition) is 1. The average Bonchev–Trinajstić information content (AvgIpc) is 1.84. The van der Waals surface area contributed by atoms with Crippen LogP contribution in [0.25, 0.3) is 0 Å². The van der Waals surface area contributed by atoms with Gasteiger partial charge in [0.1, 0.15) is 0 Å². The molecule has 0 aliphatic heterocycles. The maximum atomic E-state index is 11.6. The second-order valence-electron chi connectivity index (χ2n) is 2.28. The van der Waals surface area contributed by atoms with Crippen molar-refractivity contribution in [2.24, 2.45) is 5.92 Å². The zero-order valence-electron chi connectivity index (χ0n) is 5.74. The Morgan fingerprint density at radius 1 is 1.50 bits per heavy atom. The van der Waals surface area contributed by atoms with Crippen LogP contribution in [0.1, 0.15) is 27.2 Å². The molecule has 0 fully saturated rings. The fourth-order valence-electron chi connectivity index (χ4n) is 0.461. The second kappa shape index (κ2) is 3.84. The molecule has 0 saturated carbocycles. The molecular formula is C6H14FN. The molecule has 50 valence electrons. The van der Waals surface area contributed by atoms with E-state index in [9.17, 15) is 4.48 Å². The molecular weight excluding hydrogens is 105 g/mol. The summed E-state index contributed by atoms with van der Waals surface area (Å²) in [6.07, 6.45) is 1.03. The summed E-state index contributed by atoms with van der Waals surface area (Å²) in [4.78, 5) is 0. The fourth-order valence-corrected chi connectivity index (χ4v) is 0.461. The van der Waals surface area contributed by atoms with E-state index in [1.54, 1.807) is 5.54 Å². The van der Waals surface area contributed by atoms with Gasteiger partial charge in [-0.15, -0.1) is 4.48 Å². The van der Waals surface area contributed by atoms with Gasteiger partial charge in [-0.25, -0.2) is 0 Å². The van der Waals surface area contributed by atoms with Crippen LogP contribution in [0.4, 0.5) is 4.48 Å². The van der Waals surface area contributed by atoms with Crippen molar-refractivity contribution in [2.45, 2.75) is 33.2 Å². The van der Waals surface area contributed by atoms with Gasteiger partial charge in [0.15, 0.2) is 0 Å². The maximum Gasteiger partial charge on any atom is 0.0369 e. The Hall–Kier alpha value is -0.110. The van der Waals surface area contributed by atoms with E-state index >= 15 is 0 Å². The molecule has 0 aromatic heterocycles. The predicted molar refractivity (Wildman–Crippen MR) is 33.2 cm³/mol. The summed E-state index contributed by atoms with van der Waals surface area (Å²) in [5, 5.41) is 0. The van der Waals surface area contributed by atoms with Gasteiger partial charge in [0.2, 0.25) is 0 Å². The molecule has 0 aliphatic carbocycles. The lowest BCUT2D eigenvalue weighted by molar-refractivity contribution is 0.230. The lowest BCUT2D eigenvalue weighted by Crippen LogP contribution is -2.24. The molecule has 1 N–H and O–H groups in total. The van der Waals surface area contributed by atoms with Crippen molar-refractivity contribution in [3.63, 3.8) is 0 Å². The van der Waals surface area contributed by atoms with Gasteiger partial charge >= 0.3 is 0 Å². The van der Waals surface area contributed by atoms with Crippen molar-refractivity contribution in [3.05, 3.63) is 0 Å². The molecule has 2 heteroatoms. The molecule has 0 radical (unpaired) electrons. The molecule has 0 spiro atoms. The highest BCUT2D eigenvalue weighted by Gasteiger charge is 2.07. The summed E-state index contributed by atoms with van der Waals surface area (Å²) in [5.41, 5.74) is 1.72. The second-order valence-corrected chi connectivity index (χ2v) is 2.28. The molecule has 2 atom stereocenters. The number of rotatable bonds is 3. The van der Waals surface area contributed by atoms with Crippen LogP contribution in [-0.4, -0.2) is 6.04 Å². The molecule has 0 rings (SSSR count). The molecule has 0 aliphatic rings. The SMILES string of the molecule is CCC(C)C(C)NF. The summed E-state index contributed by atoms with van der Waals surface area (Å²) in [7, 11) is 0. The number of nitrogens with one attached hydrogen (secondary N) is 1. The predicted octanol–water partition coefficient (Wildman–Crippen LogP) is 1.90. The highest BCUT2D eigenvalue weighted by atomic mass is 19.2. The van der Waals surface area contributed by atoms with Gasteiger partial charge in [0, 0.05) is 6.04 Å². The molecule has 1 nitrogen and oxygen atoms in total. The van der Waals surface area contributed by atoms with E-state index in [-0.39, 0.29) is 6.04 Å². The highest BCUT2D eigenvalue weighted by molar-refractivity contribution is 4.61. The van der Waals surface area contributed by atoms with Gasteiger partial charge in [0.25, 0.3) is 0 Å². The van der Waals surface area contributed by atoms with Crippen LogP contribution < -0.4 is 5.54 Å². The Morgan fingerprint density at radius 3 is 2.12 bits per heavy atom. The van der Waals surface area contributed by atoms with Crippen molar-refractivity contribution in [2.75, 3.05) is 0 Å². The van der Waals surface area contributed by atoms with E-state index in [0.29, 0.717) is 5.92 Å². The molecule has 0 amide bonds. The monoisotopic (exact) mass is 119 g/mol. The summed E-state index contributed by atoms with van der Waals surface area (Å²) < 4.78 is 11.6. The van der Waals surface area contributed by atoms with E-state index < -0.39 is 0 Å². The molecule has 0 saturated heterocycles. The zero-order valence-corrected chi connectivity index (χ0v) is 5.74. The van der Waals surface area contributed by atoms with Gasteiger partial charge in [-0.3, -0.25) is 0 Å². The highest BCUT2D eigenvalue weighted by Crippen LogP contribution is 2.05. The Morgan fingerprint density at radius 2 is 2.00 bits per heavy atom. The smallest absolute Gasteiger partial charge is 0.0369 e. The first-order valence-electron chi connectivity index (χ1n) is 3.08. The standard InChI is InChI=1S/C6H14FN/c1-4-5(2)6(3)8-7/h5-6,8H,4H2,1-3H3. The van der Waals surface area contributed by atoms with Crippen molar-refractivity contribution in [1.29, 1.82) is 0 Å². The molecule has 2 unspecified atom stereocenters. The van der Waals surface area contributed by atoms with Gasteiger partial charge in [0.05, 0.1) is 0 Å².